The molecule has 150 valence electrons. The third-order valence-corrected chi connectivity index (χ3v) is 6.82. The summed E-state index contributed by atoms with van der Waals surface area (Å²) in [5, 5.41) is 4.53. The Bertz CT molecular complexity index is 1030. The second-order valence-electron chi connectivity index (χ2n) is 7.23. The molecule has 0 N–H and O–H groups in total. The summed E-state index contributed by atoms with van der Waals surface area (Å²) in [6.07, 6.45) is 3.55. The topological polar surface area (TPSA) is 72.3 Å². The van der Waals surface area contributed by atoms with Gasteiger partial charge in [0.15, 0.2) is 9.84 Å². The molecule has 0 spiro atoms. The quantitative estimate of drug-likeness (QED) is 0.717. The van der Waals surface area contributed by atoms with Crippen LogP contribution in [0.2, 0.25) is 0 Å². The highest BCUT2D eigenvalue weighted by molar-refractivity contribution is 7.91. The van der Waals surface area contributed by atoms with E-state index in [1.54, 1.807) is 34.8 Å². The molecule has 1 aliphatic rings. The maximum Gasteiger partial charge on any atom is 0.246 e. The van der Waals surface area contributed by atoms with Gasteiger partial charge in [-0.25, -0.2) is 12.8 Å². The molecule has 0 unspecified atom stereocenters. The number of benzene rings is 1. The van der Waals surface area contributed by atoms with Crippen molar-refractivity contribution in [1.29, 1.82) is 0 Å². The number of hydrogen-bond acceptors (Lipinski definition) is 4. The van der Waals surface area contributed by atoms with Crippen LogP contribution in [0.25, 0.3) is 6.08 Å². The van der Waals surface area contributed by atoms with Gasteiger partial charge in [0, 0.05) is 30.9 Å². The fourth-order valence-electron chi connectivity index (χ4n) is 3.47. The van der Waals surface area contributed by atoms with Crippen LogP contribution in [0, 0.1) is 19.7 Å². The smallest absolute Gasteiger partial charge is 0.246 e. The first-order valence-electron chi connectivity index (χ1n) is 9.10. The minimum Gasteiger partial charge on any atom is -0.338 e. The summed E-state index contributed by atoms with van der Waals surface area (Å²) < 4.78 is 38.6. The van der Waals surface area contributed by atoms with Gasteiger partial charge in [-0.3, -0.25) is 9.48 Å². The van der Waals surface area contributed by atoms with Crippen LogP contribution < -0.4 is 0 Å². The summed E-state index contributed by atoms with van der Waals surface area (Å²) in [5.41, 5.74) is 3.20. The fraction of sp³-hybridized carbons (Fsp3) is 0.400. The van der Waals surface area contributed by atoms with E-state index in [1.165, 1.54) is 18.2 Å². The van der Waals surface area contributed by atoms with Crippen molar-refractivity contribution in [1.82, 2.24) is 14.7 Å². The lowest BCUT2D eigenvalue weighted by Gasteiger charge is -2.16. The largest absolute Gasteiger partial charge is 0.338 e. The number of aryl methyl sites for hydroxylation is 1. The first-order chi connectivity index (χ1) is 13.2. The zero-order valence-corrected chi connectivity index (χ0v) is 17.0. The van der Waals surface area contributed by atoms with Gasteiger partial charge >= 0.3 is 0 Å². The van der Waals surface area contributed by atoms with Gasteiger partial charge < -0.3 is 4.90 Å². The van der Waals surface area contributed by atoms with Crippen LogP contribution in [0.3, 0.4) is 0 Å². The summed E-state index contributed by atoms with van der Waals surface area (Å²) in [6.45, 7) is 4.13. The molecule has 0 aliphatic carbocycles. The highest BCUT2D eigenvalue weighted by atomic mass is 32.2. The van der Waals surface area contributed by atoms with Gasteiger partial charge in [0.1, 0.15) is 5.82 Å². The predicted molar refractivity (Wildman–Crippen MR) is 106 cm³/mol. The molecule has 0 saturated carbocycles. The third kappa shape index (κ3) is 4.49. The Labute approximate surface area is 164 Å². The zero-order chi connectivity index (χ0) is 20.5. The van der Waals surface area contributed by atoms with Crippen LogP contribution in [0.4, 0.5) is 4.39 Å². The number of halogens is 1. The number of likely N-dealkylation sites (N-methyl/N-ethyl adjacent to an activating group) is 1. The molecule has 1 aliphatic heterocycles. The maximum absolute atomic E-state index is 13.2. The van der Waals surface area contributed by atoms with Crippen LogP contribution in [0.5, 0.6) is 0 Å². The molecule has 8 heteroatoms. The molecule has 1 atom stereocenters. The van der Waals surface area contributed by atoms with Gasteiger partial charge in [-0.15, -0.1) is 0 Å². The normalized spacial score (nSPS) is 18.6. The monoisotopic (exact) mass is 405 g/mol. The molecule has 0 bridgehead atoms. The molecule has 2 heterocycles. The number of sulfone groups is 1. The van der Waals surface area contributed by atoms with Crippen molar-refractivity contribution in [2.24, 2.45) is 0 Å². The van der Waals surface area contributed by atoms with Crippen molar-refractivity contribution < 1.29 is 17.6 Å². The Hall–Kier alpha value is -2.48. The van der Waals surface area contributed by atoms with Crippen LogP contribution in [-0.2, 0) is 21.2 Å². The minimum absolute atomic E-state index is 0.111. The van der Waals surface area contributed by atoms with Crippen LogP contribution in [0.15, 0.2) is 30.3 Å². The molecule has 2 aromatic rings. The van der Waals surface area contributed by atoms with E-state index in [9.17, 15) is 17.6 Å². The first-order valence-corrected chi connectivity index (χ1v) is 10.9. The number of hydrogen-bond donors (Lipinski definition) is 0. The van der Waals surface area contributed by atoms with Crippen LogP contribution in [-0.4, -0.2) is 47.6 Å². The fourth-order valence-corrected chi connectivity index (χ4v) is 5.16. The number of aromatic nitrogens is 2. The Balaban J connectivity index is 1.71. The minimum atomic E-state index is -3.00. The van der Waals surface area contributed by atoms with Crippen LogP contribution >= 0.6 is 0 Å². The summed E-state index contributed by atoms with van der Waals surface area (Å²) in [5.74, 6) is -0.261. The average molecular weight is 405 g/mol. The highest BCUT2D eigenvalue weighted by Crippen LogP contribution is 2.27. The van der Waals surface area contributed by atoms with E-state index < -0.39 is 9.84 Å². The lowest BCUT2D eigenvalue weighted by Crippen LogP contribution is -2.24. The number of nitrogens with zero attached hydrogens (tertiary/aromatic N) is 3. The van der Waals surface area contributed by atoms with Crippen molar-refractivity contribution in [3.05, 3.63) is 58.7 Å². The Morgan fingerprint density at radius 3 is 2.79 bits per heavy atom. The average Bonchev–Trinajstić information content (AvgIpc) is 3.13. The van der Waals surface area contributed by atoms with Crippen molar-refractivity contribution in [2.45, 2.75) is 32.9 Å². The molecule has 1 aromatic carbocycles. The summed E-state index contributed by atoms with van der Waals surface area (Å²) in [6, 6.07) is 5.88. The number of amides is 1. The molecule has 1 aromatic heterocycles. The van der Waals surface area contributed by atoms with Crippen molar-refractivity contribution in [3.63, 3.8) is 0 Å². The first kappa shape index (κ1) is 20.3. The molecular formula is C20H24FN3O3S. The number of carbonyl (C=O) groups is 1. The van der Waals surface area contributed by atoms with Gasteiger partial charge in [0.25, 0.3) is 0 Å². The van der Waals surface area contributed by atoms with Gasteiger partial charge in [-0.2, -0.15) is 5.10 Å². The summed E-state index contributed by atoms with van der Waals surface area (Å²) >= 11 is 0. The van der Waals surface area contributed by atoms with Gasteiger partial charge in [-0.05, 0) is 44.0 Å². The van der Waals surface area contributed by atoms with Crippen molar-refractivity contribution in [3.8, 4) is 0 Å². The van der Waals surface area contributed by atoms with Crippen LogP contribution in [0.1, 0.15) is 35.0 Å². The van der Waals surface area contributed by atoms with Crippen molar-refractivity contribution >= 4 is 21.8 Å². The maximum atomic E-state index is 13.2. The van der Waals surface area contributed by atoms with E-state index in [0.29, 0.717) is 18.5 Å². The lowest BCUT2D eigenvalue weighted by molar-refractivity contribution is -0.125. The van der Waals surface area contributed by atoms with E-state index in [1.807, 2.05) is 13.8 Å². The predicted octanol–water partition coefficient (Wildman–Crippen LogP) is 2.67. The second-order valence-corrected chi connectivity index (χ2v) is 9.46. The SMILES string of the molecule is Cc1nn([C@@H]2CCS(=O)(=O)C2)c(C)c1CN(C)C(=O)/C=C/c1cccc(F)c1. The number of carbonyl (C=O) groups excluding carboxylic acids is 1. The number of rotatable bonds is 5. The van der Waals surface area contributed by atoms with E-state index >= 15 is 0 Å². The van der Waals surface area contributed by atoms with Gasteiger partial charge in [0.05, 0.1) is 23.2 Å². The van der Waals surface area contributed by atoms with E-state index in [0.717, 1.165) is 17.0 Å². The summed E-state index contributed by atoms with van der Waals surface area (Å²) in [7, 11) is -1.31. The molecule has 1 saturated heterocycles. The molecule has 0 radical (unpaired) electrons. The highest BCUT2D eigenvalue weighted by Gasteiger charge is 2.31. The van der Waals surface area contributed by atoms with E-state index in [2.05, 4.69) is 5.10 Å². The molecular weight excluding hydrogens is 381 g/mol. The summed E-state index contributed by atoms with van der Waals surface area (Å²) in [4.78, 5) is 14.0. The Kier molecular flexibility index (Phi) is 5.69. The van der Waals surface area contributed by atoms with Crippen molar-refractivity contribution in [2.75, 3.05) is 18.6 Å². The standard InChI is InChI=1S/C20H24FN3O3S/c1-14-19(15(2)24(22-14)18-9-10-28(26,27)13-18)12-23(3)20(25)8-7-16-5-4-6-17(21)11-16/h4-8,11,18H,9-10,12-13H2,1-3H3/b8-7+/t18-/m1/s1. The zero-order valence-electron chi connectivity index (χ0n) is 16.2. The Morgan fingerprint density at radius 1 is 1.39 bits per heavy atom. The lowest BCUT2D eigenvalue weighted by atomic mass is 10.1. The second kappa shape index (κ2) is 7.87. The van der Waals surface area contributed by atoms with Gasteiger partial charge in [-0.1, -0.05) is 12.1 Å². The molecule has 6 nitrogen and oxygen atoms in total. The molecule has 1 fully saturated rings. The molecule has 3 rings (SSSR count). The third-order valence-electron chi connectivity index (χ3n) is 5.07. The molecule has 28 heavy (non-hydrogen) atoms. The Morgan fingerprint density at radius 2 is 2.14 bits per heavy atom. The van der Waals surface area contributed by atoms with E-state index in [4.69, 9.17) is 0 Å². The van der Waals surface area contributed by atoms with Gasteiger partial charge in [0.2, 0.25) is 5.91 Å². The van der Waals surface area contributed by atoms with E-state index in [-0.39, 0.29) is 29.3 Å². The molecule has 1 amide bonds.